The normalized spacial score (nSPS) is 20.9. The topological polar surface area (TPSA) is 98.0 Å². The molecule has 7 nitrogen and oxygen atoms in total. The van der Waals surface area contributed by atoms with Gasteiger partial charge in [0, 0.05) is 25.7 Å². The van der Waals surface area contributed by atoms with Gasteiger partial charge in [0.15, 0.2) is 9.84 Å². The minimum absolute atomic E-state index is 0.152. The van der Waals surface area contributed by atoms with Crippen LogP contribution in [0, 0.1) is 0 Å². The van der Waals surface area contributed by atoms with Crippen LogP contribution in [-0.2, 0) is 22.7 Å². The molecule has 1 saturated heterocycles. The summed E-state index contributed by atoms with van der Waals surface area (Å²) in [6.45, 7) is 2.95. The van der Waals surface area contributed by atoms with E-state index in [9.17, 15) is 8.42 Å². The van der Waals surface area contributed by atoms with E-state index in [0.29, 0.717) is 30.5 Å². The summed E-state index contributed by atoms with van der Waals surface area (Å²) in [5.41, 5.74) is 1.71. The molecule has 3 heterocycles. The fourth-order valence-corrected chi connectivity index (χ4v) is 4.05. The fourth-order valence-electron chi connectivity index (χ4n) is 2.52. The molecule has 1 atom stereocenters. The summed E-state index contributed by atoms with van der Waals surface area (Å²) < 4.78 is 29.3. The van der Waals surface area contributed by atoms with Crippen molar-refractivity contribution in [1.82, 2.24) is 20.4 Å². The Morgan fingerprint density at radius 3 is 3.09 bits per heavy atom. The second-order valence-corrected chi connectivity index (χ2v) is 7.67. The summed E-state index contributed by atoms with van der Waals surface area (Å²) in [6.07, 6.45) is 2.73. The first-order chi connectivity index (χ1) is 10.6. The van der Waals surface area contributed by atoms with Gasteiger partial charge in [-0.1, -0.05) is 18.1 Å². The number of aryl methyl sites for hydroxylation is 1. The van der Waals surface area contributed by atoms with E-state index in [1.54, 1.807) is 6.20 Å². The Balaban J connectivity index is 1.82. The van der Waals surface area contributed by atoms with E-state index in [4.69, 9.17) is 4.52 Å². The molecule has 1 fully saturated rings. The summed E-state index contributed by atoms with van der Waals surface area (Å²) in [7, 11) is -3.10. The van der Waals surface area contributed by atoms with Crippen LogP contribution in [0.2, 0.25) is 0 Å². The van der Waals surface area contributed by atoms with Crippen LogP contribution in [0.1, 0.15) is 18.4 Å². The number of aromatic nitrogens is 3. The average Bonchev–Trinajstić information content (AvgIpc) is 2.98. The lowest BCUT2D eigenvalue weighted by Gasteiger charge is -2.21. The number of pyridine rings is 1. The number of sulfone groups is 1. The first-order valence-electron chi connectivity index (χ1n) is 7.29. The maximum absolute atomic E-state index is 12.0. The predicted molar refractivity (Wildman–Crippen MR) is 81.1 cm³/mol. The Morgan fingerprint density at radius 1 is 1.45 bits per heavy atom. The Morgan fingerprint density at radius 2 is 2.32 bits per heavy atom. The van der Waals surface area contributed by atoms with Gasteiger partial charge in [0.1, 0.15) is 5.69 Å². The second kappa shape index (κ2) is 6.13. The number of hydrogen-bond acceptors (Lipinski definition) is 7. The van der Waals surface area contributed by atoms with Gasteiger partial charge in [-0.3, -0.25) is 4.98 Å². The van der Waals surface area contributed by atoms with Crippen molar-refractivity contribution < 1.29 is 12.9 Å². The van der Waals surface area contributed by atoms with Gasteiger partial charge in [-0.05, 0) is 18.1 Å². The monoisotopic (exact) mass is 322 g/mol. The van der Waals surface area contributed by atoms with Crippen LogP contribution >= 0.6 is 0 Å². The minimum Gasteiger partial charge on any atom is -0.339 e. The highest BCUT2D eigenvalue weighted by Gasteiger charge is 2.30. The zero-order chi connectivity index (χ0) is 15.6. The van der Waals surface area contributed by atoms with Crippen molar-refractivity contribution in [3.05, 3.63) is 29.8 Å². The van der Waals surface area contributed by atoms with Gasteiger partial charge < -0.3 is 9.84 Å². The lowest BCUT2D eigenvalue weighted by molar-refractivity contribution is 0.373. The molecule has 3 rings (SSSR count). The quantitative estimate of drug-likeness (QED) is 0.881. The van der Waals surface area contributed by atoms with Crippen molar-refractivity contribution in [1.29, 1.82) is 0 Å². The summed E-state index contributed by atoms with van der Waals surface area (Å²) >= 11 is 0. The highest BCUT2D eigenvalue weighted by Crippen LogP contribution is 2.20. The first-order valence-corrected chi connectivity index (χ1v) is 9.01. The molecule has 0 spiro atoms. The van der Waals surface area contributed by atoms with E-state index >= 15 is 0 Å². The molecular weight excluding hydrogens is 304 g/mol. The average molecular weight is 322 g/mol. The summed E-state index contributed by atoms with van der Waals surface area (Å²) in [6, 6.07) is 3.83. The summed E-state index contributed by atoms with van der Waals surface area (Å²) in [5.74, 6) is 0.896. The van der Waals surface area contributed by atoms with Crippen molar-refractivity contribution >= 4 is 9.84 Å². The molecule has 2 aromatic rings. The van der Waals surface area contributed by atoms with Crippen molar-refractivity contribution in [2.45, 2.75) is 25.0 Å². The second-order valence-electron chi connectivity index (χ2n) is 5.27. The lowest BCUT2D eigenvalue weighted by Crippen LogP contribution is -2.45. The van der Waals surface area contributed by atoms with E-state index in [-0.39, 0.29) is 12.2 Å². The third-order valence-corrected chi connectivity index (χ3v) is 5.92. The van der Waals surface area contributed by atoms with Crippen LogP contribution in [0.5, 0.6) is 0 Å². The molecule has 2 aromatic heterocycles. The van der Waals surface area contributed by atoms with E-state index in [1.807, 2.05) is 19.1 Å². The van der Waals surface area contributed by atoms with Crippen LogP contribution in [0.15, 0.2) is 22.9 Å². The van der Waals surface area contributed by atoms with Crippen LogP contribution in [0.4, 0.5) is 0 Å². The first kappa shape index (κ1) is 15.1. The zero-order valence-corrected chi connectivity index (χ0v) is 13.1. The molecule has 1 aliphatic rings. The molecule has 1 unspecified atom stereocenters. The molecular formula is C14H18N4O3S. The largest absolute Gasteiger partial charge is 0.339 e. The van der Waals surface area contributed by atoms with Gasteiger partial charge in [0.25, 0.3) is 0 Å². The van der Waals surface area contributed by atoms with E-state index in [2.05, 4.69) is 20.4 Å². The Kier molecular flexibility index (Phi) is 4.21. The number of rotatable bonds is 4. The van der Waals surface area contributed by atoms with E-state index in [1.165, 1.54) is 0 Å². The maximum atomic E-state index is 12.0. The van der Waals surface area contributed by atoms with Gasteiger partial charge in [-0.15, -0.1) is 0 Å². The van der Waals surface area contributed by atoms with Gasteiger partial charge in [-0.2, -0.15) is 4.98 Å². The molecule has 0 aromatic carbocycles. The predicted octanol–water partition coefficient (Wildman–Crippen LogP) is 0.623. The molecule has 0 bridgehead atoms. The number of nitrogens with zero attached hydrogens (tertiary/aromatic N) is 3. The van der Waals surface area contributed by atoms with E-state index in [0.717, 1.165) is 12.0 Å². The van der Waals surface area contributed by atoms with Crippen LogP contribution < -0.4 is 5.32 Å². The molecule has 0 amide bonds. The van der Waals surface area contributed by atoms with Gasteiger partial charge in [0.2, 0.25) is 11.7 Å². The SMILES string of the molecule is CCc1cccnc1-c1noc(CC2CNCCS2(=O)=O)n1. The van der Waals surface area contributed by atoms with Gasteiger partial charge >= 0.3 is 0 Å². The minimum atomic E-state index is -3.10. The molecule has 8 heteroatoms. The van der Waals surface area contributed by atoms with Crippen LogP contribution in [0.25, 0.3) is 11.5 Å². The van der Waals surface area contributed by atoms with Gasteiger partial charge in [0.05, 0.1) is 11.0 Å². The van der Waals surface area contributed by atoms with Crippen molar-refractivity contribution in [3.63, 3.8) is 0 Å². The molecule has 1 aliphatic heterocycles. The van der Waals surface area contributed by atoms with Crippen molar-refractivity contribution in [3.8, 4) is 11.5 Å². The molecule has 0 aliphatic carbocycles. The lowest BCUT2D eigenvalue weighted by atomic mass is 10.1. The van der Waals surface area contributed by atoms with Crippen molar-refractivity contribution in [2.24, 2.45) is 0 Å². The highest BCUT2D eigenvalue weighted by molar-refractivity contribution is 7.92. The summed E-state index contributed by atoms with van der Waals surface area (Å²) in [4.78, 5) is 8.61. The third kappa shape index (κ3) is 3.02. The molecule has 118 valence electrons. The third-order valence-electron chi connectivity index (χ3n) is 3.80. The number of nitrogens with one attached hydrogen (secondary N) is 1. The maximum Gasteiger partial charge on any atom is 0.228 e. The summed E-state index contributed by atoms with van der Waals surface area (Å²) in [5, 5.41) is 6.52. The molecule has 0 radical (unpaired) electrons. The molecule has 1 N–H and O–H groups in total. The fraction of sp³-hybridized carbons (Fsp3) is 0.500. The smallest absolute Gasteiger partial charge is 0.228 e. The van der Waals surface area contributed by atoms with E-state index < -0.39 is 15.1 Å². The Hall–Kier alpha value is -1.80. The highest BCUT2D eigenvalue weighted by atomic mass is 32.2. The van der Waals surface area contributed by atoms with Crippen molar-refractivity contribution in [2.75, 3.05) is 18.8 Å². The molecule has 22 heavy (non-hydrogen) atoms. The zero-order valence-electron chi connectivity index (χ0n) is 12.3. The standard InChI is InChI=1S/C14H18N4O3S/c1-2-10-4-3-5-16-13(10)14-17-12(21-18-14)8-11-9-15-6-7-22(11,19)20/h3-5,11,15H,2,6-9H2,1H3. The molecule has 0 saturated carbocycles. The van der Waals surface area contributed by atoms with Crippen LogP contribution in [-0.4, -0.2) is 47.6 Å². The Labute approximate surface area is 129 Å². The van der Waals surface area contributed by atoms with Gasteiger partial charge in [-0.25, -0.2) is 8.42 Å². The number of hydrogen-bond donors (Lipinski definition) is 1. The Bertz CT molecular complexity index is 757. The van der Waals surface area contributed by atoms with Crippen LogP contribution in [0.3, 0.4) is 0 Å².